The van der Waals surface area contributed by atoms with Crippen molar-refractivity contribution in [3.05, 3.63) is 24.5 Å². The highest BCUT2D eigenvalue weighted by atomic mass is 32.2. The molecule has 1 aromatic heterocycles. The summed E-state index contributed by atoms with van der Waals surface area (Å²) < 4.78 is 25.4. The maximum absolute atomic E-state index is 11.7. The van der Waals surface area contributed by atoms with Crippen LogP contribution in [-0.4, -0.2) is 35.5 Å². The molecule has 0 saturated carbocycles. The first-order valence-corrected chi connectivity index (χ1v) is 7.84. The molecule has 6 heteroatoms. The second-order valence-electron chi connectivity index (χ2n) is 4.66. The molecular formula is C12H19N3O2S. The molecule has 1 saturated heterocycles. The number of nitrogens with one attached hydrogen (secondary N) is 1. The van der Waals surface area contributed by atoms with Gasteiger partial charge in [-0.05, 0) is 19.8 Å². The third-order valence-corrected chi connectivity index (χ3v) is 5.45. The van der Waals surface area contributed by atoms with Gasteiger partial charge < -0.3 is 9.88 Å². The minimum Gasteiger partial charge on any atom is -0.354 e. The molecule has 0 spiro atoms. The standard InChI is InChI=1S/C12H19N3O2S/c1-3-6-15-9-10(2)14-12(15)13-8-11-5-4-7-18(11,16)17/h3,9,11H,1,4-8H2,2H3,(H,13,14). The van der Waals surface area contributed by atoms with Gasteiger partial charge in [-0.15, -0.1) is 6.58 Å². The van der Waals surface area contributed by atoms with E-state index in [1.807, 2.05) is 17.7 Å². The van der Waals surface area contributed by atoms with Crippen LogP contribution in [-0.2, 0) is 16.4 Å². The lowest BCUT2D eigenvalue weighted by atomic mass is 10.2. The zero-order valence-corrected chi connectivity index (χ0v) is 11.4. The van der Waals surface area contributed by atoms with E-state index >= 15 is 0 Å². The van der Waals surface area contributed by atoms with E-state index in [1.165, 1.54) is 0 Å². The molecule has 1 unspecified atom stereocenters. The lowest BCUT2D eigenvalue weighted by Gasteiger charge is -2.12. The Bertz CT molecular complexity index is 534. The molecule has 1 aliphatic rings. The van der Waals surface area contributed by atoms with E-state index in [9.17, 15) is 8.42 Å². The molecule has 2 heterocycles. The number of aromatic nitrogens is 2. The fourth-order valence-corrected chi connectivity index (χ4v) is 4.02. The Balaban J connectivity index is 2.04. The minimum atomic E-state index is -2.90. The van der Waals surface area contributed by atoms with Crippen molar-refractivity contribution < 1.29 is 8.42 Å². The molecule has 100 valence electrons. The van der Waals surface area contributed by atoms with Gasteiger partial charge in [0.1, 0.15) is 0 Å². The van der Waals surface area contributed by atoms with E-state index in [0.29, 0.717) is 18.8 Å². The number of nitrogens with zero attached hydrogens (tertiary/aromatic N) is 2. The number of sulfone groups is 1. The molecular weight excluding hydrogens is 250 g/mol. The van der Waals surface area contributed by atoms with Gasteiger partial charge in [-0.1, -0.05) is 6.08 Å². The van der Waals surface area contributed by atoms with Crippen molar-refractivity contribution in [1.82, 2.24) is 9.55 Å². The number of imidazole rings is 1. The van der Waals surface area contributed by atoms with Crippen LogP contribution in [0.5, 0.6) is 0 Å². The van der Waals surface area contributed by atoms with E-state index in [4.69, 9.17) is 0 Å². The van der Waals surface area contributed by atoms with Gasteiger partial charge >= 0.3 is 0 Å². The van der Waals surface area contributed by atoms with Crippen molar-refractivity contribution in [2.24, 2.45) is 0 Å². The van der Waals surface area contributed by atoms with Gasteiger partial charge in [0.15, 0.2) is 9.84 Å². The van der Waals surface area contributed by atoms with Gasteiger partial charge in [0, 0.05) is 19.3 Å². The van der Waals surface area contributed by atoms with Crippen molar-refractivity contribution in [3.8, 4) is 0 Å². The third-order valence-electron chi connectivity index (χ3n) is 3.17. The summed E-state index contributed by atoms with van der Waals surface area (Å²) >= 11 is 0. The second kappa shape index (κ2) is 5.14. The molecule has 0 amide bonds. The fraction of sp³-hybridized carbons (Fsp3) is 0.583. The zero-order chi connectivity index (χ0) is 13.2. The van der Waals surface area contributed by atoms with Gasteiger partial charge in [0.05, 0.1) is 16.7 Å². The highest BCUT2D eigenvalue weighted by Crippen LogP contribution is 2.20. The average molecular weight is 269 g/mol. The van der Waals surface area contributed by atoms with E-state index in [1.54, 1.807) is 6.08 Å². The van der Waals surface area contributed by atoms with Crippen LogP contribution in [0.15, 0.2) is 18.9 Å². The highest BCUT2D eigenvalue weighted by molar-refractivity contribution is 7.92. The van der Waals surface area contributed by atoms with Crippen molar-refractivity contribution in [1.29, 1.82) is 0 Å². The van der Waals surface area contributed by atoms with Gasteiger partial charge in [-0.2, -0.15) is 0 Å². The van der Waals surface area contributed by atoms with Crippen LogP contribution in [0.25, 0.3) is 0 Å². The predicted molar refractivity (Wildman–Crippen MR) is 72.5 cm³/mol. The summed E-state index contributed by atoms with van der Waals surface area (Å²) in [5.41, 5.74) is 0.911. The molecule has 1 fully saturated rings. The average Bonchev–Trinajstić information content (AvgIpc) is 2.79. The Morgan fingerprint density at radius 2 is 2.44 bits per heavy atom. The Hall–Kier alpha value is -1.30. The third kappa shape index (κ3) is 2.75. The molecule has 0 bridgehead atoms. The minimum absolute atomic E-state index is 0.272. The van der Waals surface area contributed by atoms with Crippen molar-refractivity contribution >= 4 is 15.8 Å². The second-order valence-corrected chi connectivity index (χ2v) is 7.06. The quantitative estimate of drug-likeness (QED) is 0.820. The molecule has 5 nitrogen and oxygen atoms in total. The van der Waals surface area contributed by atoms with E-state index in [2.05, 4.69) is 16.9 Å². The van der Waals surface area contributed by atoms with Crippen LogP contribution in [0.3, 0.4) is 0 Å². The largest absolute Gasteiger partial charge is 0.354 e. The first-order valence-electron chi connectivity index (χ1n) is 6.13. The molecule has 0 radical (unpaired) electrons. The summed E-state index contributed by atoms with van der Waals surface area (Å²) in [6.45, 7) is 6.72. The smallest absolute Gasteiger partial charge is 0.203 e. The van der Waals surface area contributed by atoms with Gasteiger partial charge in [-0.3, -0.25) is 0 Å². The Labute approximate surface area is 108 Å². The summed E-state index contributed by atoms with van der Waals surface area (Å²) in [5, 5.41) is 2.87. The molecule has 1 N–H and O–H groups in total. The molecule has 0 aliphatic carbocycles. The number of aryl methyl sites for hydroxylation is 1. The lowest BCUT2D eigenvalue weighted by Crippen LogP contribution is -2.26. The van der Waals surface area contributed by atoms with Crippen LogP contribution in [0.2, 0.25) is 0 Å². The summed E-state index contributed by atoms with van der Waals surface area (Å²) in [4.78, 5) is 4.35. The molecule has 2 rings (SSSR count). The Morgan fingerprint density at radius 1 is 1.67 bits per heavy atom. The summed E-state index contributed by atoms with van der Waals surface area (Å²) in [5.74, 6) is 1.04. The molecule has 18 heavy (non-hydrogen) atoms. The fourth-order valence-electron chi connectivity index (χ4n) is 2.26. The van der Waals surface area contributed by atoms with Crippen molar-refractivity contribution in [2.75, 3.05) is 17.6 Å². The number of allylic oxidation sites excluding steroid dienone is 1. The maximum atomic E-state index is 11.7. The Morgan fingerprint density at radius 3 is 3.06 bits per heavy atom. The van der Waals surface area contributed by atoms with Crippen LogP contribution in [0.4, 0.5) is 5.95 Å². The topological polar surface area (TPSA) is 64.0 Å². The van der Waals surface area contributed by atoms with Crippen LogP contribution < -0.4 is 5.32 Å². The number of hydrogen-bond acceptors (Lipinski definition) is 4. The van der Waals surface area contributed by atoms with Crippen LogP contribution in [0.1, 0.15) is 18.5 Å². The van der Waals surface area contributed by atoms with E-state index < -0.39 is 9.84 Å². The van der Waals surface area contributed by atoms with E-state index in [-0.39, 0.29) is 5.25 Å². The number of rotatable bonds is 5. The monoisotopic (exact) mass is 269 g/mol. The first kappa shape index (κ1) is 13.1. The van der Waals surface area contributed by atoms with Gasteiger partial charge in [0.2, 0.25) is 5.95 Å². The van der Waals surface area contributed by atoms with Gasteiger partial charge in [0.25, 0.3) is 0 Å². The van der Waals surface area contributed by atoms with Crippen molar-refractivity contribution in [3.63, 3.8) is 0 Å². The van der Waals surface area contributed by atoms with Gasteiger partial charge in [-0.25, -0.2) is 13.4 Å². The summed E-state index contributed by atoms with van der Waals surface area (Å²) in [7, 11) is -2.90. The SMILES string of the molecule is C=CCn1cc(C)nc1NCC1CCCS1(=O)=O. The molecule has 1 aromatic rings. The first-order chi connectivity index (χ1) is 8.53. The molecule has 1 atom stereocenters. The number of hydrogen-bond donors (Lipinski definition) is 1. The van der Waals surface area contributed by atoms with Crippen LogP contribution >= 0.6 is 0 Å². The predicted octanol–water partition coefficient (Wildman–Crippen LogP) is 1.37. The molecule has 0 aromatic carbocycles. The van der Waals surface area contributed by atoms with Crippen molar-refractivity contribution in [2.45, 2.75) is 31.6 Å². The summed E-state index contributed by atoms with van der Waals surface area (Å²) in [6, 6.07) is 0. The number of anilines is 1. The molecule has 1 aliphatic heterocycles. The highest BCUT2D eigenvalue weighted by Gasteiger charge is 2.31. The summed E-state index contributed by atoms with van der Waals surface area (Å²) in [6.07, 6.45) is 5.23. The maximum Gasteiger partial charge on any atom is 0.203 e. The zero-order valence-electron chi connectivity index (χ0n) is 10.6. The Kier molecular flexibility index (Phi) is 3.75. The van der Waals surface area contributed by atoms with Crippen LogP contribution in [0, 0.1) is 6.92 Å². The van der Waals surface area contributed by atoms with E-state index in [0.717, 1.165) is 24.5 Å². The lowest BCUT2D eigenvalue weighted by molar-refractivity contribution is 0.591. The normalized spacial score (nSPS) is 21.9.